The zero-order valence-electron chi connectivity index (χ0n) is 6.62. The summed E-state index contributed by atoms with van der Waals surface area (Å²) in [5.41, 5.74) is 1.37. The third-order valence-corrected chi connectivity index (χ3v) is 2.41. The summed E-state index contributed by atoms with van der Waals surface area (Å²) in [5, 5.41) is 0. The molecule has 1 saturated carbocycles. The second-order valence-electron chi connectivity index (χ2n) is 3.03. The lowest BCUT2D eigenvalue weighted by Gasteiger charge is -1.95. The molecule has 1 aliphatic rings. The monoisotopic (exact) mass is 181 g/mol. The molecule has 1 aromatic carbocycles. The van der Waals surface area contributed by atoms with E-state index in [1.54, 1.807) is 0 Å². The van der Waals surface area contributed by atoms with Gasteiger partial charge in [-0.25, -0.2) is 0 Å². The molecule has 0 heterocycles. The lowest BCUT2D eigenvalue weighted by Crippen LogP contribution is -1.79. The first-order chi connectivity index (χ1) is 5.90. The molecule has 0 N–H and O–H groups in total. The molecule has 2 nitrogen and oxygen atoms in total. The van der Waals surface area contributed by atoms with Crippen LogP contribution in [0.4, 0.5) is 0 Å². The van der Waals surface area contributed by atoms with Crippen molar-refractivity contribution < 1.29 is 9.09 Å². The highest BCUT2D eigenvalue weighted by molar-refractivity contribution is 7.17. The highest BCUT2D eigenvalue weighted by atomic mass is 31.1. The first-order valence-corrected chi connectivity index (χ1v) is 4.86. The van der Waals surface area contributed by atoms with Gasteiger partial charge in [-0.3, -0.25) is 4.52 Å². The normalized spacial score (nSPS) is 16.3. The SMILES string of the molecule is O=[PH+]Oc1ccc(C2CC2)cc1. The van der Waals surface area contributed by atoms with Crippen molar-refractivity contribution in [1.82, 2.24) is 0 Å². The average Bonchev–Trinajstić information content (AvgIpc) is 2.89. The molecule has 0 saturated heterocycles. The molecule has 0 aliphatic heterocycles. The molecule has 1 fully saturated rings. The number of hydrogen-bond donors (Lipinski definition) is 0. The lowest BCUT2D eigenvalue weighted by molar-refractivity contribution is 0.525. The van der Waals surface area contributed by atoms with Gasteiger partial charge in [-0.15, -0.1) is 0 Å². The molecule has 12 heavy (non-hydrogen) atoms. The van der Waals surface area contributed by atoms with Gasteiger partial charge in [-0.1, -0.05) is 12.1 Å². The molecular formula is C9H10O2P+. The Morgan fingerprint density at radius 3 is 2.42 bits per heavy atom. The van der Waals surface area contributed by atoms with Crippen LogP contribution in [0.2, 0.25) is 0 Å². The molecule has 3 heteroatoms. The summed E-state index contributed by atoms with van der Waals surface area (Å²) < 4.78 is 15.0. The fraction of sp³-hybridized carbons (Fsp3) is 0.333. The Morgan fingerprint density at radius 2 is 1.92 bits per heavy atom. The van der Waals surface area contributed by atoms with Gasteiger partial charge in [-0.2, -0.15) is 0 Å². The van der Waals surface area contributed by atoms with Crippen LogP contribution < -0.4 is 4.52 Å². The smallest absolute Gasteiger partial charge is 0.256 e. The maximum atomic E-state index is 10.1. The number of benzene rings is 1. The van der Waals surface area contributed by atoms with E-state index in [0.29, 0.717) is 5.75 Å². The Bertz CT molecular complexity index is 277. The summed E-state index contributed by atoms with van der Waals surface area (Å²) in [6, 6.07) is 7.84. The maximum Gasteiger partial charge on any atom is 0.542 e. The van der Waals surface area contributed by atoms with E-state index in [1.165, 1.54) is 18.4 Å². The van der Waals surface area contributed by atoms with Gasteiger partial charge in [0.1, 0.15) is 0 Å². The van der Waals surface area contributed by atoms with Crippen LogP contribution in [0.1, 0.15) is 24.3 Å². The number of hydrogen-bond acceptors (Lipinski definition) is 2. The molecule has 1 aliphatic carbocycles. The summed E-state index contributed by atoms with van der Waals surface area (Å²) >= 11 is 0. The summed E-state index contributed by atoms with van der Waals surface area (Å²) in [6.45, 7) is 0. The standard InChI is InChI=1S/C9H10O2P/c10-12-11-9-5-3-8(4-6-9)7-1-2-7/h3-7,12H,1-2H2/q+1. The van der Waals surface area contributed by atoms with Crippen LogP contribution in [0.5, 0.6) is 5.75 Å². The van der Waals surface area contributed by atoms with Gasteiger partial charge < -0.3 is 0 Å². The Balaban J connectivity index is 2.12. The first kappa shape index (κ1) is 7.75. The van der Waals surface area contributed by atoms with Gasteiger partial charge in [0.15, 0.2) is 5.75 Å². The Morgan fingerprint density at radius 1 is 1.25 bits per heavy atom. The Kier molecular flexibility index (Phi) is 2.09. The van der Waals surface area contributed by atoms with Gasteiger partial charge in [-0.05, 0) is 41.0 Å². The zero-order valence-corrected chi connectivity index (χ0v) is 7.62. The molecular weight excluding hydrogens is 171 g/mol. The van der Waals surface area contributed by atoms with Crippen LogP contribution in [0.3, 0.4) is 0 Å². The van der Waals surface area contributed by atoms with Gasteiger partial charge in [0.2, 0.25) is 0 Å². The molecule has 0 radical (unpaired) electrons. The molecule has 0 spiro atoms. The highest BCUT2D eigenvalue weighted by Gasteiger charge is 2.23. The molecule has 1 atom stereocenters. The first-order valence-electron chi connectivity index (χ1n) is 4.04. The molecule has 0 amide bonds. The van der Waals surface area contributed by atoms with Crippen molar-refractivity contribution in [3.8, 4) is 5.75 Å². The van der Waals surface area contributed by atoms with Crippen molar-refractivity contribution in [2.24, 2.45) is 0 Å². The third-order valence-electron chi connectivity index (χ3n) is 2.09. The summed E-state index contributed by atoms with van der Waals surface area (Å²) in [5.74, 6) is 1.46. The maximum absolute atomic E-state index is 10.1. The average molecular weight is 181 g/mol. The van der Waals surface area contributed by atoms with E-state index >= 15 is 0 Å². The molecule has 62 valence electrons. The van der Waals surface area contributed by atoms with E-state index in [-0.39, 0.29) is 0 Å². The van der Waals surface area contributed by atoms with E-state index < -0.39 is 8.69 Å². The largest absolute Gasteiger partial charge is 0.542 e. The predicted molar refractivity (Wildman–Crippen MR) is 48.0 cm³/mol. The van der Waals surface area contributed by atoms with E-state index in [1.807, 2.05) is 24.3 Å². The molecule has 1 aromatic rings. The second-order valence-corrected chi connectivity index (χ2v) is 3.40. The van der Waals surface area contributed by atoms with Gasteiger partial charge >= 0.3 is 8.69 Å². The minimum atomic E-state index is -0.708. The van der Waals surface area contributed by atoms with E-state index in [9.17, 15) is 4.57 Å². The summed E-state index contributed by atoms with van der Waals surface area (Å²) in [7, 11) is -0.708. The van der Waals surface area contributed by atoms with Gasteiger partial charge in [0.25, 0.3) is 0 Å². The quantitative estimate of drug-likeness (QED) is 0.670. The molecule has 2 rings (SSSR count). The summed E-state index contributed by atoms with van der Waals surface area (Å²) in [4.78, 5) is 0. The predicted octanol–water partition coefficient (Wildman–Crippen LogP) is 2.88. The molecule has 0 aromatic heterocycles. The van der Waals surface area contributed by atoms with Gasteiger partial charge in [0.05, 0.1) is 0 Å². The van der Waals surface area contributed by atoms with Crippen LogP contribution in [0.15, 0.2) is 24.3 Å². The number of rotatable bonds is 3. The van der Waals surface area contributed by atoms with Crippen LogP contribution in [0, 0.1) is 0 Å². The van der Waals surface area contributed by atoms with Crippen LogP contribution in [-0.2, 0) is 4.57 Å². The molecule has 0 bridgehead atoms. The topological polar surface area (TPSA) is 26.3 Å². The molecule has 1 unspecified atom stereocenters. The van der Waals surface area contributed by atoms with Crippen LogP contribution in [-0.4, -0.2) is 0 Å². The third kappa shape index (κ3) is 1.64. The minimum Gasteiger partial charge on any atom is -0.256 e. The van der Waals surface area contributed by atoms with Crippen LogP contribution >= 0.6 is 8.69 Å². The minimum absolute atomic E-state index is 0.688. The van der Waals surface area contributed by atoms with Crippen LogP contribution in [0.25, 0.3) is 0 Å². The van der Waals surface area contributed by atoms with Gasteiger partial charge in [0, 0.05) is 0 Å². The van der Waals surface area contributed by atoms with Crippen molar-refractivity contribution in [1.29, 1.82) is 0 Å². The van der Waals surface area contributed by atoms with Crippen molar-refractivity contribution in [2.45, 2.75) is 18.8 Å². The summed E-state index contributed by atoms with van der Waals surface area (Å²) in [6.07, 6.45) is 2.62. The van der Waals surface area contributed by atoms with Crippen molar-refractivity contribution in [3.05, 3.63) is 29.8 Å². The highest BCUT2D eigenvalue weighted by Crippen LogP contribution is 2.40. The van der Waals surface area contributed by atoms with E-state index in [4.69, 9.17) is 4.52 Å². The fourth-order valence-corrected chi connectivity index (χ4v) is 1.51. The fourth-order valence-electron chi connectivity index (χ4n) is 1.27. The lowest BCUT2D eigenvalue weighted by atomic mass is 10.1. The zero-order chi connectivity index (χ0) is 8.39. The van der Waals surface area contributed by atoms with Crippen molar-refractivity contribution in [2.75, 3.05) is 0 Å². The van der Waals surface area contributed by atoms with Crippen molar-refractivity contribution in [3.63, 3.8) is 0 Å². The van der Waals surface area contributed by atoms with E-state index in [0.717, 1.165) is 5.92 Å². The van der Waals surface area contributed by atoms with E-state index in [2.05, 4.69) is 0 Å². The second kappa shape index (κ2) is 3.24. The Hall–Kier alpha value is -0.880. The Labute approximate surface area is 72.8 Å². The van der Waals surface area contributed by atoms with Crippen molar-refractivity contribution >= 4 is 8.69 Å².